The summed E-state index contributed by atoms with van der Waals surface area (Å²) < 4.78 is 0. The standard InChI is InChI=1S/C30H30B2N2/c1-19-15-21(3)29(22(4)16-19)31-25-11-7-9-13-27(25)34-32(26-12-8-10-14-28(26)33(31)34)30-23(5)17-20(2)18-24(30)6/h7-18H,1-6H3. The van der Waals surface area contributed by atoms with E-state index in [0.717, 1.165) is 0 Å². The highest BCUT2D eigenvalue weighted by Gasteiger charge is 2.53. The molecule has 34 heavy (non-hydrogen) atoms. The van der Waals surface area contributed by atoms with E-state index >= 15 is 0 Å². The van der Waals surface area contributed by atoms with Crippen LogP contribution in [0.4, 0.5) is 11.4 Å². The van der Waals surface area contributed by atoms with Crippen molar-refractivity contribution < 1.29 is 0 Å². The summed E-state index contributed by atoms with van der Waals surface area (Å²) in [5.41, 5.74) is 16.4. The summed E-state index contributed by atoms with van der Waals surface area (Å²) in [5, 5.41) is 0. The molecule has 0 radical (unpaired) electrons. The first-order valence-corrected chi connectivity index (χ1v) is 12.3. The molecule has 2 aliphatic rings. The smallest absolute Gasteiger partial charge is 0.329 e. The molecule has 0 aromatic heterocycles. The molecule has 0 aliphatic carbocycles. The normalized spacial score (nSPS) is 13.9. The maximum Gasteiger partial charge on any atom is 0.347 e. The highest BCUT2D eigenvalue weighted by molar-refractivity contribution is 7.01. The van der Waals surface area contributed by atoms with Gasteiger partial charge in [-0.2, -0.15) is 0 Å². The summed E-state index contributed by atoms with van der Waals surface area (Å²) in [6.45, 7) is 13.8. The first kappa shape index (κ1) is 21.2. The van der Waals surface area contributed by atoms with Crippen molar-refractivity contribution in [1.82, 2.24) is 0 Å². The van der Waals surface area contributed by atoms with Crippen molar-refractivity contribution in [2.24, 2.45) is 0 Å². The zero-order chi connectivity index (χ0) is 23.7. The number of rotatable bonds is 2. The van der Waals surface area contributed by atoms with Gasteiger partial charge < -0.3 is 9.84 Å². The minimum Gasteiger partial charge on any atom is -0.329 e. The SMILES string of the molecule is Cc1cc(C)c(B2c3ccccc3N3B(c4c(C)cc(C)cc4C)c4ccccc4N23)c(C)c1. The zero-order valence-electron chi connectivity index (χ0n) is 21.0. The minimum atomic E-state index is 0.161. The molecule has 0 atom stereocenters. The van der Waals surface area contributed by atoms with Crippen molar-refractivity contribution in [3.05, 3.63) is 106 Å². The van der Waals surface area contributed by atoms with Gasteiger partial charge in [0.15, 0.2) is 0 Å². The number of para-hydroxylation sites is 2. The van der Waals surface area contributed by atoms with Gasteiger partial charge in [0, 0.05) is 11.4 Å². The Morgan fingerprint density at radius 1 is 0.471 bits per heavy atom. The molecule has 4 aromatic carbocycles. The molecule has 166 valence electrons. The van der Waals surface area contributed by atoms with E-state index < -0.39 is 0 Å². The lowest BCUT2D eigenvalue weighted by Crippen LogP contribution is -2.61. The molecule has 0 unspecified atom stereocenters. The van der Waals surface area contributed by atoms with Crippen LogP contribution in [-0.2, 0) is 0 Å². The van der Waals surface area contributed by atoms with E-state index in [9.17, 15) is 0 Å². The van der Waals surface area contributed by atoms with E-state index in [1.165, 1.54) is 66.6 Å². The third-order valence-corrected chi connectivity index (χ3v) is 7.70. The fourth-order valence-electron chi connectivity index (χ4n) is 6.68. The van der Waals surface area contributed by atoms with Crippen molar-refractivity contribution in [2.75, 3.05) is 9.84 Å². The Kier molecular flexibility index (Phi) is 4.71. The lowest BCUT2D eigenvalue weighted by atomic mass is 9.47. The summed E-state index contributed by atoms with van der Waals surface area (Å²) in [4.78, 5) is 5.15. The highest BCUT2D eigenvalue weighted by Crippen LogP contribution is 2.35. The van der Waals surface area contributed by atoms with Crippen LogP contribution in [0.25, 0.3) is 0 Å². The molecule has 2 nitrogen and oxygen atoms in total. The summed E-state index contributed by atoms with van der Waals surface area (Å²) in [5.74, 6) is 0. The second kappa shape index (κ2) is 7.56. The molecule has 0 amide bonds. The fraction of sp³-hybridized carbons (Fsp3) is 0.200. The third kappa shape index (κ3) is 2.91. The average Bonchev–Trinajstić information content (AvgIpc) is 3.27. The third-order valence-electron chi connectivity index (χ3n) is 7.70. The number of hydrogen-bond donors (Lipinski definition) is 0. The Balaban J connectivity index is 1.65. The summed E-state index contributed by atoms with van der Waals surface area (Å²) in [6.07, 6.45) is 0. The molecule has 6 rings (SSSR count). The largest absolute Gasteiger partial charge is 0.347 e. The molecule has 0 N–H and O–H groups in total. The summed E-state index contributed by atoms with van der Waals surface area (Å²) in [6, 6.07) is 27.3. The Morgan fingerprint density at radius 2 is 0.794 bits per heavy atom. The van der Waals surface area contributed by atoms with Gasteiger partial charge in [-0.3, -0.25) is 0 Å². The molecule has 4 heteroatoms. The first-order valence-electron chi connectivity index (χ1n) is 12.3. The first-order chi connectivity index (χ1) is 16.4. The van der Waals surface area contributed by atoms with Crippen molar-refractivity contribution in [1.29, 1.82) is 0 Å². The molecule has 0 fully saturated rings. The van der Waals surface area contributed by atoms with Gasteiger partial charge in [0.2, 0.25) is 0 Å². The predicted octanol–water partition coefficient (Wildman–Crippen LogP) is 4.00. The van der Waals surface area contributed by atoms with E-state index in [-0.39, 0.29) is 13.7 Å². The van der Waals surface area contributed by atoms with E-state index in [0.29, 0.717) is 0 Å². The van der Waals surface area contributed by atoms with Gasteiger partial charge in [0.1, 0.15) is 0 Å². The quantitative estimate of drug-likeness (QED) is 0.435. The molecule has 0 saturated carbocycles. The van der Waals surface area contributed by atoms with Crippen molar-refractivity contribution in [2.45, 2.75) is 41.5 Å². The van der Waals surface area contributed by atoms with E-state index in [2.05, 4.69) is 124 Å². The van der Waals surface area contributed by atoms with Crippen LogP contribution >= 0.6 is 0 Å². The Labute approximate surface area is 204 Å². The molecule has 4 aromatic rings. The van der Waals surface area contributed by atoms with Crippen LogP contribution in [0.5, 0.6) is 0 Å². The van der Waals surface area contributed by atoms with E-state index in [1.807, 2.05) is 0 Å². The Hall–Kier alpha value is -3.39. The predicted molar refractivity (Wildman–Crippen MR) is 149 cm³/mol. The van der Waals surface area contributed by atoms with Crippen LogP contribution in [-0.4, -0.2) is 13.7 Å². The van der Waals surface area contributed by atoms with Gasteiger partial charge in [0.05, 0.1) is 0 Å². The van der Waals surface area contributed by atoms with Crippen LogP contribution < -0.4 is 31.7 Å². The number of nitrogens with zero attached hydrogens (tertiary/aromatic N) is 2. The monoisotopic (exact) mass is 440 g/mol. The number of aryl methyl sites for hydroxylation is 6. The van der Waals surface area contributed by atoms with Crippen LogP contribution in [0, 0.1) is 41.5 Å². The van der Waals surface area contributed by atoms with Gasteiger partial charge in [-0.05, 0) is 75.5 Å². The second-order valence-corrected chi connectivity index (χ2v) is 10.2. The highest BCUT2D eigenvalue weighted by atomic mass is 15.6. The molecular weight excluding hydrogens is 410 g/mol. The van der Waals surface area contributed by atoms with Gasteiger partial charge in [-0.1, -0.05) is 94.0 Å². The molecule has 2 aliphatic heterocycles. The maximum absolute atomic E-state index is 2.58. The van der Waals surface area contributed by atoms with Crippen LogP contribution in [0.1, 0.15) is 33.4 Å². The van der Waals surface area contributed by atoms with Crippen LogP contribution in [0.15, 0.2) is 72.8 Å². The average molecular weight is 440 g/mol. The lowest BCUT2D eigenvalue weighted by Gasteiger charge is -2.34. The van der Waals surface area contributed by atoms with Gasteiger partial charge in [0.25, 0.3) is 0 Å². The molecular formula is C30H30B2N2. The van der Waals surface area contributed by atoms with Crippen molar-refractivity contribution in [3.63, 3.8) is 0 Å². The Morgan fingerprint density at radius 3 is 1.15 bits per heavy atom. The molecule has 0 spiro atoms. The lowest BCUT2D eigenvalue weighted by molar-refractivity contribution is 1.17. The van der Waals surface area contributed by atoms with Gasteiger partial charge in [-0.15, -0.1) is 0 Å². The van der Waals surface area contributed by atoms with Gasteiger partial charge >= 0.3 is 13.7 Å². The van der Waals surface area contributed by atoms with Crippen LogP contribution in [0.3, 0.4) is 0 Å². The topological polar surface area (TPSA) is 6.48 Å². The van der Waals surface area contributed by atoms with Gasteiger partial charge in [-0.25, -0.2) is 0 Å². The number of anilines is 2. The maximum atomic E-state index is 2.58. The summed E-state index contributed by atoms with van der Waals surface area (Å²) >= 11 is 0. The zero-order valence-corrected chi connectivity index (χ0v) is 21.0. The number of hydrogen-bond acceptors (Lipinski definition) is 2. The van der Waals surface area contributed by atoms with E-state index in [4.69, 9.17) is 0 Å². The fourth-order valence-corrected chi connectivity index (χ4v) is 6.68. The second-order valence-electron chi connectivity index (χ2n) is 10.2. The van der Waals surface area contributed by atoms with Crippen molar-refractivity contribution in [3.8, 4) is 0 Å². The molecule has 0 bridgehead atoms. The molecule has 2 heterocycles. The molecule has 0 saturated heterocycles. The van der Waals surface area contributed by atoms with Crippen LogP contribution in [0.2, 0.25) is 0 Å². The number of fused-ring (bicyclic) bond motifs is 5. The van der Waals surface area contributed by atoms with Crippen molar-refractivity contribution >= 4 is 46.9 Å². The number of hydrazine groups is 1. The Bertz CT molecular complexity index is 1300. The summed E-state index contributed by atoms with van der Waals surface area (Å²) in [7, 11) is 0. The minimum absolute atomic E-state index is 0.161. The number of benzene rings is 4. The van der Waals surface area contributed by atoms with E-state index in [1.54, 1.807) is 0 Å².